The van der Waals surface area contributed by atoms with E-state index in [1.165, 1.54) is 31.4 Å². The molecular formula is C20H18F2N2O5S2. The van der Waals surface area contributed by atoms with Crippen molar-refractivity contribution >= 4 is 31.4 Å². The van der Waals surface area contributed by atoms with E-state index in [9.17, 15) is 25.6 Å². The number of ether oxygens (including phenoxy) is 1. The van der Waals surface area contributed by atoms with Gasteiger partial charge in [-0.3, -0.25) is 9.44 Å². The summed E-state index contributed by atoms with van der Waals surface area (Å²) in [7, 11) is -7.01. The molecule has 0 fully saturated rings. The highest BCUT2D eigenvalue weighted by atomic mass is 32.2. The van der Waals surface area contributed by atoms with Gasteiger partial charge in [0.1, 0.15) is 22.3 Å². The second-order valence-electron chi connectivity index (χ2n) is 6.49. The van der Waals surface area contributed by atoms with Crippen molar-refractivity contribution in [2.24, 2.45) is 0 Å². The Hall–Kier alpha value is -3.18. The highest BCUT2D eigenvalue weighted by Gasteiger charge is 2.22. The molecule has 2 N–H and O–H groups in total. The Kier molecular flexibility index (Phi) is 6.18. The Morgan fingerprint density at radius 1 is 0.806 bits per heavy atom. The van der Waals surface area contributed by atoms with Gasteiger partial charge in [0, 0.05) is 11.8 Å². The topological polar surface area (TPSA) is 102 Å². The van der Waals surface area contributed by atoms with Crippen LogP contribution in [-0.4, -0.2) is 23.9 Å². The van der Waals surface area contributed by atoms with Gasteiger partial charge in [-0.05, 0) is 61.0 Å². The molecule has 0 radical (unpaired) electrons. The quantitative estimate of drug-likeness (QED) is 0.548. The third-order valence-electron chi connectivity index (χ3n) is 4.29. The summed E-state index contributed by atoms with van der Waals surface area (Å²) in [5.74, 6) is -1.65. The van der Waals surface area contributed by atoms with Gasteiger partial charge in [0.2, 0.25) is 0 Å². The molecule has 0 bridgehead atoms. The van der Waals surface area contributed by atoms with Crippen LogP contribution in [0, 0.1) is 18.6 Å². The minimum Gasteiger partial charge on any atom is -0.497 e. The van der Waals surface area contributed by atoms with Gasteiger partial charge in [0.15, 0.2) is 0 Å². The lowest BCUT2D eigenvalue weighted by molar-refractivity contribution is 0.415. The number of halogens is 2. The van der Waals surface area contributed by atoms with E-state index in [1.807, 2.05) is 0 Å². The van der Waals surface area contributed by atoms with Crippen molar-refractivity contribution in [3.8, 4) is 5.75 Å². The maximum Gasteiger partial charge on any atom is 0.264 e. The van der Waals surface area contributed by atoms with Crippen LogP contribution in [0.1, 0.15) is 5.56 Å². The average molecular weight is 469 g/mol. The van der Waals surface area contributed by atoms with E-state index in [2.05, 4.69) is 9.44 Å². The number of anilines is 2. The first-order valence-corrected chi connectivity index (χ1v) is 11.7. The molecule has 0 heterocycles. The molecule has 0 atom stereocenters. The van der Waals surface area contributed by atoms with Gasteiger partial charge < -0.3 is 4.74 Å². The van der Waals surface area contributed by atoms with Gasteiger partial charge in [0.05, 0.1) is 17.7 Å². The lowest BCUT2D eigenvalue weighted by atomic mass is 10.2. The predicted octanol–water partition coefficient (Wildman–Crippen LogP) is 3.88. The molecule has 0 amide bonds. The zero-order valence-electron chi connectivity index (χ0n) is 16.4. The third-order valence-corrected chi connectivity index (χ3v) is 7.07. The first-order chi connectivity index (χ1) is 14.5. The highest BCUT2D eigenvalue weighted by molar-refractivity contribution is 7.93. The van der Waals surface area contributed by atoms with E-state index in [1.54, 1.807) is 19.1 Å². The third kappa shape index (κ3) is 5.12. The number of hydrogen-bond donors (Lipinski definition) is 2. The largest absolute Gasteiger partial charge is 0.497 e. The second-order valence-corrected chi connectivity index (χ2v) is 9.82. The van der Waals surface area contributed by atoms with Crippen LogP contribution in [0.25, 0.3) is 0 Å². The molecule has 0 aromatic heterocycles. The normalized spacial score (nSPS) is 11.7. The number of aryl methyl sites for hydroxylation is 1. The number of sulfonamides is 2. The van der Waals surface area contributed by atoms with Crippen LogP contribution in [0.3, 0.4) is 0 Å². The maximum atomic E-state index is 13.9. The fourth-order valence-electron chi connectivity index (χ4n) is 2.64. The number of hydrogen-bond acceptors (Lipinski definition) is 5. The molecule has 11 heteroatoms. The molecule has 0 aliphatic rings. The molecule has 3 aromatic rings. The summed E-state index contributed by atoms with van der Waals surface area (Å²) in [4.78, 5) is -0.982. The van der Waals surface area contributed by atoms with Crippen molar-refractivity contribution in [1.82, 2.24) is 0 Å². The van der Waals surface area contributed by atoms with E-state index >= 15 is 0 Å². The van der Waals surface area contributed by atoms with Crippen LogP contribution in [0.4, 0.5) is 20.2 Å². The molecule has 0 aliphatic carbocycles. The number of methoxy groups -OCH3 is 1. The summed E-state index contributed by atoms with van der Waals surface area (Å²) < 4.78 is 87.1. The Bertz CT molecular complexity index is 1330. The zero-order chi connectivity index (χ0) is 22.8. The Balaban J connectivity index is 1.91. The van der Waals surface area contributed by atoms with Crippen LogP contribution < -0.4 is 14.2 Å². The molecule has 0 aliphatic heterocycles. The fourth-order valence-corrected chi connectivity index (χ4v) is 4.91. The van der Waals surface area contributed by atoms with E-state index in [0.717, 1.165) is 18.2 Å². The Labute approximate surface area is 178 Å². The standard InChI is InChI=1S/C20H18F2N2O5S2/c1-13-3-9-17(30(25,26)23-15-5-7-16(29-2)8-6-15)12-19(13)24-31(27,28)20-10-4-14(21)11-18(20)22/h3-12,23-24H,1-2H3. The van der Waals surface area contributed by atoms with E-state index in [4.69, 9.17) is 4.74 Å². The van der Waals surface area contributed by atoms with E-state index in [-0.39, 0.29) is 16.3 Å². The van der Waals surface area contributed by atoms with Crippen molar-refractivity contribution in [2.45, 2.75) is 16.7 Å². The average Bonchev–Trinajstić information content (AvgIpc) is 2.69. The summed E-state index contributed by atoms with van der Waals surface area (Å²) in [6.07, 6.45) is 0. The molecule has 164 valence electrons. The monoisotopic (exact) mass is 468 g/mol. The van der Waals surface area contributed by atoms with Crippen molar-refractivity contribution in [3.63, 3.8) is 0 Å². The number of benzene rings is 3. The predicted molar refractivity (Wildman–Crippen MR) is 112 cm³/mol. The Morgan fingerprint density at radius 3 is 2.10 bits per heavy atom. The van der Waals surface area contributed by atoms with Gasteiger partial charge in [-0.1, -0.05) is 6.07 Å². The van der Waals surface area contributed by atoms with Crippen LogP contribution >= 0.6 is 0 Å². The molecule has 31 heavy (non-hydrogen) atoms. The van der Waals surface area contributed by atoms with Crippen molar-refractivity contribution in [2.75, 3.05) is 16.6 Å². The van der Waals surface area contributed by atoms with Gasteiger partial charge in [-0.15, -0.1) is 0 Å². The minimum atomic E-state index is -4.43. The molecule has 0 saturated heterocycles. The molecule has 7 nitrogen and oxygen atoms in total. The fraction of sp³-hybridized carbons (Fsp3) is 0.100. The van der Waals surface area contributed by atoms with Crippen molar-refractivity contribution in [3.05, 3.63) is 77.9 Å². The molecule has 3 aromatic carbocycles. The van der Waals surface area contributed by atoms with Gasteiger partial charge in [-0.25, -0.2) is 25.6 Å². The second kappa shape index (κ2) is 8.52. The number of nitrogens with one attached hydrogen (secondary N) is 2. The molecule has 0 spiro atoms. The summed E-state index contributed by atoms with van der Waals surface area (Å²) in [6.45, 7) is 1.55. The highest BCUT2D eigenvalue weighted by Crippen LogP contribution is 2.26. The van der Waals surface area contributed by atoms with E-state index in [0.29, 0.717) is 17.4 Å². The summed E-state index contributed by atoms with van der Waals surface area (Å²) in [5.41, 5.74) is 0.604. The van der Waals surface area contributed by atoms with Crippen LogP contribution in [0.5, 0.6) is 5.75 Å². The van der Waals surface area contributed by atoms with Crippen molar-refractivity contribution in [1.29, 1.82) is 0 Å². The van der Waals surface area contributed by atoms with Crippen LogP contribution in [0.2, 0.25) is 0 Å². The summed E-state index contributed by atoms with van der Waals surface area (Å²) in [6, 6.07) is 12.0. The molecule has 0 unspecified atom stereocenters. The van der Waals surface area contributed by atoms with Gasteiger partial charge in [-0.2, -0.15) is 0 Å². The molecule has 0 saturated carbocycles. The smallest absolute Gasteiger partial charge is 0.264 e. The first kappa shape index (κ1) is 22.5. The minimum absolute atomic E-state index is 0.0682. The van der Waals surface area contributed by atoms with E-state index < -0.39 is 36.6 Å². The van der Waals surface area contributed by atoms with Crippen LogP contribution in [0.15, 0.2) is 70.5 Å². The Morgan fingerprint density at radius 2 is 1.48 bits per heavy atom. The summed E-state index contributed by atoms with van der Waals surface area (Å²) >= 11 is 0. The SMILES string of the molecule is COc1ccc(NS(=O)(=O)c2ccc(C)c(NS(=O)(=O)c3ccc(F)cc3F)c2)cc1. The van der Waals surface area contributed by atoms with Crippen molar-refractivity contribution < 1.29 is 30.4 Å². The lowest BCUT2D eigenvalue weighted by Gasteiger charge is -2.14. The molecule has 3 rings (SSSR count). The zero-order valence-corrected chi connectivity index (χ0v) is 18.0. The summed E-state index contributed by atoms with van der Waals surface area (Å²) in [5, 5.41) is 0. The first-order valence-electron chi connectivity index (χ1n) is 8.77. The van der Waals surface area contributed by atoms with Crippen LogP contribution in [-0.2, 0) is 20.0 Å². The molecular weight excluding hydrogens is 450 g/mol. The lowest BCUT2D eigenvalue weighted by Crippen LogP contribution is -2.17. The van der Waals surface area contributed by atoms with Gasteiger partial charge in [0.25, 0.3) is 20.0 Å². The maximum absolute atomic E-state index is 13.9. The number of rotatable bonds is 7. The van der Waals surface area contributed by atoms with Gasteiger partial charge >= 0.3 is 0 Å².